The fourth-order valence-electron chi connectivity index (χ4n) is 2.94. The molecule has 0 aromatic heterocycles. The first-order valence-electron chi connectivity index (χ1n) is 9.22. The maximum Gasteiger partial charge on any atom is 0.168 e. The van der Waals surface area contributed by atoms with Gasteiger partial charge in [0.2, 0.25) is 0 Å². The van der Waals surface area contributed by atoms with Gasteiger partial charge in [-0.05, 0) is 55.7 Å². The summed E-state index contributed by atoms with van der Waals surface area (Å²) in [5, 5.41) is 0. The number of rotatable bonds is 9. The molecule has 1 aromatic rings. The molecule has 0 atom stereocenters. The molecule has 0 bridgehead atoms. The minimum atomic E-state index is -0.253. The highest BCUT2D eigenvalue weighted by Crippen LogP contribution is 2.30. The summed E-state index contributed by atoms with van der Waals surface area (Å²) in [7, 11) is 0. The van der Waals surface area contributed by atoms with Crippen LogP contribution in [-0.2, 0) is 14.4 Å². The lowest BCUT2D eigenvalue weighted by Gasteiger charge is -2.24. The van der Waals surface area contributed by atoms with Gasteiger partial charge in [0.1, 0.15) is 5.82 Å². The van der Waals surface area contributed by atoms with Crippen LogP contribution in [0.5, 0.6) is 0 Å². The van der Waals surface area contributed by atoms with Gasteiger partial charge in [-0.15, -0.1) is 11.8 Å². The molecule has 146 valence electrons. The van der Waals surface area contributed by atoms with E-state index in [-0.39, 0.29) is 28.9 Å². The average Bonchev–Trinajstić information content (AvgIpc) is 2.64. The van der Waals surface area contributed by atoms with Crippen molar-refractivity contribution in [2.45, 2.75) is 44.4 Å². The van der Waals surface area contributed by atoms with E-state index in [2.05, 4.69) is 5.48 Å². The molecule has 1 aromatic carbocycles. The SMILES string of the molecule is C/C=C/CONC(CC)=C1C(=O)CC(CCSc2ccc(F)cc2)CC1=O. The van der Waals surface area contributed by atoms with E-state index in [1.165, 1.54) is 12.1 Å². The Kier molecular flexibility index (Phi) is 8.75. The number of hydrogen-bond acceptors (Lipinski definition) is 5. The minimum Gasteiger partial charge on any atom is -0.294 e. The van der Waals surface area contributed by atoms with Gasteiger partial charge < -0.3 is 0 Å². The van der Waals surface area contributed by atoms with Gasteiger partial charge in [0.25, 0.3) is 0 Å². The number of ketones is 2. The minimum absolute atomic E-state index is 0.0590. The summed E-state index contributed by atoms with van der Waals surface area (Å²) in [6, 6.07) is 6.35. The number of thioether (sulfide) groups is 1. The molecule has 0 spiro atoms. The first-order valence-corrected chi connectivity index (χ1v) is 10.2. The second-order valence-electron chi connectivity index (χ2n) is 6.40. The molecule has 0 radical (unpaired) electrons. The topological polar surface area (TPSA) is 55.4 Å². The Balaban J connectivity index is 1.89. The van der Waals surface area contributed by atoms with Crippen molar-refractivity contribution in [2.75, 3.05) is 12.4 Å². The number of hydroxylamine groups is 1. The maximum atomic E-state index is 12.9. The van der Waals surface area contributed by atoms with Gasteiger partial charge in [-0.3, -0.25) is 19.9 Å². The number of hydrogen-bond donors (Lipinski definition) is 1. The van der Waals surface area contributed by atoms with Crippen molar-refractivity contribution < 1.29 is 18.8 Å². The summed E-state index contributed by atoms with van der Waals surface area (Å²) in [4.78, 5) is 31.4. The molecule has 1 aliphatic rings. The normalized spacial score (nSPS) is 17.6. The van der Waals surface area contributed by atoms with E-state index in [0.717, 1.165) is 17.1 Å². The van der Waals surface area contributed by atoms with E-state index in [1.807, 2.05) is 26.0 Å². The second kappa shape index (κ2) is 11.0. The van der Waals surface area contributed by atoms with Crippen LogP contribution in [0.2, 0.25) is 0 Å². The molecule has 27 heavy (non-hydrogen) atoms. The zero-order valence-electron chi connectivity index (χ0n) is 15.8. The van der Waals surface area contributed by atoms with Crippen molar-refractivity contribution in [2.24, 2.45) is 5.92 Å². The number of allylic oxidation sites excluding steroid dienone is 3. The van der Waals surface area contributed by atoms with Gasteiger partial charge in [-0.2, -0.15) is 0 Å². The van der Waals surface area contributed by atoms with E-state index in [0.29, 0.717) is 31.6 Å². The number of Topliss-reactive ketones (excluding diaryl/α,β-unsaturated/α-hetero) is 2. The number of benzene rings is 1. The van der Waals surface area contributed by atoms with Crippen molar-refractivity contribution in [1.29, 1.82) is 0 Å². The third-order valence-corrected chi connectivity index (χ3v) is 5.43. The highest BCUT2D eigenvalue weighted by molar-refractivity contribution is 7.99. The Morgan fingerprint density at radius 1 is 1.26 bits per heavy atom. The van der Waals surface area contributed by atoms with Crippen molar-refractivity contribution in [3.05, 3.63) is 53.5 Å². The number of carbonyl (C=O) groups is 2. The predicted octanol–water partition coefficient (Wildman–Crippen LogP) is 4.62. The van der Waals surface area contributed by atoms with Crippen molar-refractivity contribution in [3.63, 3.8) is 0 Å². The van der Waals surface area contributed by atoms with Crippen LogP contribution in [0, 0.1) is 11.7 Å². The van der Waals surface area contributed by atoms with Gasteiger partial charge in [0, 0.05) is 17.7 Å². The van der Waals surface area contributed by atoms with Crippen LogP contribution in [0.25, 0.3) is 0 Å². The summed E-state index contributed by atoms with van der Waals surface area (Å²) in [5.74, 6) is 0.381. The van der Waals surface area contributed by atoms with Gasteiger partial charge in [-0.25, -0.2) is 4.39 Å². The molecule has 0 saturated heterocycles. The zero-order chi connectivity index (χ0) is 19.6. The first-order chi connectivity index (χ1) is 13.0. The molecule has 0 heterocycles. The maximum absolute atomic E-state index is 12.9. The van der Waals surface area contributed by atoms with Crippen LogP contribution in [0.15, 0.2) is 52.6 Å². The molecule has 2 rings (SSSR count). The molecule has 1 N–H and O–H groups in total. The average molecular weight is 392 g/mol. The van der Waals surface area contributed by atoms with Crippen LogP contribution in [0.3, 0.4) is 0 Å². The number of carbonyl (C=O) groups excluding carboxylic acids is 2. The van der Waals surface area contributed by atoms with Crippen molar-refractivity contribution in [1.82, 2.24) is 5.48 Å². The lowest BCUT2D eigenvalue weighted by Crippen LogP contribution is -2.30. The lowest BCUT2D eigenvalue weighted by atomic mass is 9.81. The van der Waals surface area contributed by atoms with Gasteiger partial charge in [0.15, 0.2) is 11.6 Å². The zero-order valence-corrected chi connectivity index (χ0v) is 16.6. The van der Waals surface area contributed by atoms with Crippen molar-refractivity contribution in [3.8, 4) is 0 Å². The highest BCUT2D eigenvalue weighted by Gasteiger charge is 2.32. The third kappa shape index (κ3) is 6.63. The fraction of sp³-hybridized carbons (Fsp3) is 0.429. The Hall–Kier alpha value is -1.92. The largest absolute Gasteiger partial charge is 0.294 e. The van der Waals surface area contributed by atoms with E-state index in [4.69, 9.17) is 4.84 Å². The summed E-state index contributed by atoms with van der Waals surface area (Å²) < 4.78 is 12.9. The molecule has 0 aliphatic heterocycles. The van der Waals surface area contributed by atoms with E-state index in [9.17, 15) is 14.0 Å². The fourth-order valence-corrected chi connectivity index (χ4v) is 3.96. The van der Waals surface area contributed by atoms with Gasteiger partial charge in [-0.1, -0.05) is 19.1 Å². The van der Waals surface area contributed by atoms with E-state index >= 15 is 0 Å². The third-order valence-electron chi connectivity index (χ3n) is 4.38. The molecule has 1 fully saturated rings. The predicted molar refractivity (Wildman–Crippen MR) is 106 cm³/mol. The molecule has 0 unspecified atom stereocenters. The number of nitrogens with one attached hydrogen (secondary N) is 1. The quantitative estimate of drug-likeness (QED) is 0.166. The summed E-state index contributed by atoms with van der Waals surface area (Å²) in [6.07, 6.45) is 5.78. The van der Waals surface area contributed by atoms with Crippen LogP contribution < -0.4 is 5.48 Å². The molecule has 6 heteroatoms. The van der Waals surface area contributed by atoms with Crippen molar-refractivity contribution >= 4 is 23.3 Å². The van der Waals surface area contributed by atoms with Gasteiger partial charge in [0.05, 0.1) is 17.9 Å². The molecule has 4 nitrogen and oxygen atoms in total. The van der Waals surface area contributed by atoms with E-state index < -0.39 is 0 Å². The molecule has 0 amide bonds. The molecule has 1 aliphatic carbocycles. The van der Waals surface area contributed by atoms with Crippen LogP contribution in [0.1, 0.15) is 39.5 Å². The first kappa shape index (κ1) is 21.4. The number of halogens is 1. The smallest absolute Gasteiger partial charge is 0.168 e. The molecule has 1 saturated carbocycles. The standard InChI is InChI=1S/C21H26FNO3S/c1-3-5-11-26-23-18(4-2)21-19(24)13-15(14-20(21)25)10-12-27-17-8-6-16(22)7-9-17/h3,5-9,15,23H,4,10-14H2,1-2H3/b5-3+,21-18?. The van der Waals surface area contributed by atoms with Crippen LogP contribution in [0.4, 0.5) is 4.39 Å². The monoisotopic (exact) mass is 391 g/mol. The Morgan fingerprint density at radius 3 is 2.52 bits per heavy atom. The Labute approximate surface area is 164 Å². The molecular weight excluding hydrogens is 365 g/mol. The molecular formula is C21H26FNO3S. The van der Waals surface area contributed by atoms with Crippen LogP contribution in [-0.4, -0.2) is 23.9 Å². The summed E-state index contributed by atoms with van der Waals surface area (Å²) in [5.41, 5.74) is 3.60. The Bertz CT molecular complexity index is 693. The van der Waals surface area contributed by atoms with Crippen LogP contribution >= 0.6 is 11.8 Å². The highest BCUT2D eigenvalue weighted by atomic mass is 32.2. The lowest BCUT2D eigenvalue weighted by molar-refractivity contribution is -0.125. The second-order valence-corrected chi connectivity index (χ2v) is 7.57. The summed E-state index contributed by atoms with van der Waals surface area (Å²) in [6.45, 7) is 4.16. The Morgan fingerprint density at radius 2 is 1.93 bits per heavy atom. The summed E-state index contributed by atoms with van der Waals surface area (Å²) >= 11 is 1.61. The van der Waals surface area contributed by atoms with Gasteiger partial charge >= 0.3 is 0 Å². The van der Waals surface area contributed by atoms with E-state index in [1.54, 1.807) is 23.9 Å².